The highest BCUT2D eigenvalue weighted by Gasteiger charge is 2.29. The number of benzene rings is 1. The Morgan fingerprint density at radius 3 is 2.50 bits per heavy atom. The molecule has 3 rings (SSSR count). The van der Waals surface area contributed by atoms with Gasteiger partial charge in [0, 0.05) is 13.1 Å². The summed E-state index contributed by atoms with van der Waals surface area (Å²) >= 11 is 1.11. The van der Waals surface area contributed by atoms with Crippen molar-refractivity contribution in [3.8, 4) is 0 Å². The molecule has 0 saturated carbocycles. The topological polar surface area (TPSA) is 84.9 Å². The molecule has 8 heteroatoms. The van der Waals surface area contributed by atoms with E-state index in [0.717, 1.165) is 16.9 Å². The number of hydrogen-bond donors (Lipinski definition) is 1. The van der Waals surface area contributed by atoms with E-state index in [1.807, 2.05) is 30.3 Å². The number of morpholine rings is 1. The maximum atomic E-state index is 12.9. The molecule has 1 N–H and O–H groups in total. The van der Waals surface area contributed by atoms with Gasteiger partial charge >= 0.3 is 5.97 Å². The van der Waals surface area contributed by atoms with Gasteiger partial charge in [-0.1, -0.05) is 30.3 Å². The van der Waals surface area contributed by atoms with Crippen molar-refractivity contribution in [3.05, 3.63) is 51.9 Å². The van der Waals surface area contributed by atoms with E-state index in [1.54, 1.807) is 11.8 Å². The Hall–Kier alpha value is -2.71. The third-order valence-electron chi connectivity index (χ3n) is 4.49. The van der Waals surface area contributed by atoms with Gasteiger partial charge in [-0.15, -0.1) is 11.3 Å². The quantitative estimate of drug-likeness (QED) is 0.777. The second-order valence-electron chi connectivity index (χ2n) is 6.37. The van der Waals surface area contributed by atoms with Crippen LogP contribution in [-0.4, -0.2) is 56.1 Å². The average Bonchev–Trinajstić information content (AvgIpc) is 3.03. The van der Waals surface area contributed by atoms with Crippen LogP contribution < -0.4 is 5.32 Å². The Morgan fingerprint density at radius 2 is 1.86 bits per heavy atom. The number of esters is 1. The normalized spacial score (nSPS) is 13.9. The molecule has 0 spiro atoms. The van der Waals surface area contributed by atoms with Crippen LogP contribution in [0.25, 0.3) is 0 Å². The lowest BCUT2D eigenvalue weighted by Gasteiger charge is -2.26. The van der Waals surface area contributed by atoms with Crippen molar-refractivity contribution in [3.63, 3.8) is 0 Å². The third kappa shape index (κ3) is 4.40. The molecule has 1 aromatic carbocycles. The summed E-state index contributed by atoms with van der Waals surface area (Å²) in [4.78, 5) is 39.8. The fraction of sp³-hybridized carbons (Fsp3) is 0.350. The summed E-state index contributed by atoms with van der Waals surface area (Å²) in [6.45, 7) is 3.67. The highest BCUT2D eigenvalue weighted by molar-refractivity contribution is 7.18. The molecule has 2 heterocycles. The van der Waals surface area contributed by atoms with E-state index in [0.29, 0.717) is 41.7 Å². The molecular weight excluding hydrogens is 380 g/mol. The van der Waals surface area contributed by atoms with Crippen molar-refractivity contribution in [1.82, 2.24) is 4.90 Å². The first-order valence-electron chi connectivity index (χ1n) is 8.93. The van der Waals surface area contributed by atoms with Crippen LogP contribution in [0.2, 0.25) is 0 Å². The summed E-state index contributed by atoms with van der Waals surface area (Å²) in [6.07, 6.45) is 0.172. The zero-order valence-corrected chi connectivity index (χ0v) is 16.6. The minimum atomic E-state index is -0.579. The minimum Gasteiger partial charge on any atom is -0.465 e. The predicted octanol–water partition coefficient (Wildman–Crippen LogP) is 2.50. The molecular formula is C20H22N2O5S. The van der Waals surface area contributed by atoms with Gasteiger partial charge in [0.1, 0.15) is 5.00 Å². The summed E-state index contributed by atoms with van der Waals surface area (Å²) in [7, 11) is 1.28. The van der Waals surface area contributed by atoms with Gasteiger partial charge in [0.25, 0.3) is 5.91 Å². The van der Waals surface area contributed by atoms with Gasteiger partial charge < -0.3 is 19.7 Å². The minimum absolute atomic E-state index is 0.167. The van der Waals surface area contributed by atoms with Crippen LogP contribution in [-0.2, 0) is 20.7 Å². The van der Waals surface area contributed by atoms with Gasteiger partial charge in [-0.3, -0.25) is 9.59 Å². The molecule has 1 fully saturated rings. The van der Waals surface area contributed by atoms with Gasteiger partial charge in [0.2, 0.25) is 5.91 Å². The molecule has 0 atom stereocenters. The van der Waals surface area contributed by atoms with Crippen LogP contribution in [0.15, 0.2) is 30.3 Å². The van der Waals surface area contributed by atoms with E-state index >= 15 is 0 Å². The average molecular weight is 402 g/mol. The maximum Gasteiger partial charge on any atom is 0.341 e. The number of hydrogen-bond acceptors (Lipinski definition) is 6. The molecule has 1 aliphatic rings. The van der Waals surface area contributed by atoms with E-state index in [9.17, 15) is 14.4 Å². The highest BCUT2D eigenvalue weighted by atomic mass is 32.1. The zero-order chi connectivity index (χ0) is 20.1. The first-order chi connectivity index (χ1) is 13.5. The van der Waals surface area contributed by atoms with Gasteiger partial charge in [-0.25, -0.2) is 4.79 Å². The van der Waals surface area contributed by atoms with Crippen molar-refractivity contribution >= 4 is 34.1 Å². The number of carbonyl (C=O) groups excluding carboxylic acids is 3. The van der Waals surface area contributed by atoms with Crippen LogP contribution in [0.1, 0.15) is 31.2 Å². The standard InChI is InChI=1S/C20H22N2O5S/c1-13-16(20(25)26-2)18(21-15(23)12-14-6-4-3-5-7-14)28-17(13)19(24)22-8-10-27-11-9-22/h3-7H,8-12H2,1-2H3,(H,21,23). The van der Waals surface area contributed by atoms with Gasteiger partial charge in [0.15, 0.2) is 0 Å². The lowest BCUT2D eigenvalue weighted by Crippen LogP contribution is -2.40. The van der Waals surface area contributed by atoms with E-state index in [1.165, 1.54) is 7.11 Å². The Bertz CT molecular complexity index is 872. The van der Waals surface area contributed by atoms with Crippen LogP contribution >= 0.6 is 11.3 Å². The Morgan fingerprint density at radius 1 is 1.18 bits per heavy atom. The number of thiophene rings is 1. The lowest BCUT2D eigenvalue weighted by molar-refractivity contribution is -0.115. The molecule has 0 bridgehead atoms. The number of rotatable bonds is 5. The number of anilines is 1. The van der Waals surface area contributed by atoms with E-state index in [2.05, 4.69) is 5.32 Å². The number of methoxy groups -OCH3 is 1. The summed E-state index contributed by atoms with van der Waals surface area (Å²) < 4.78 is 10.2. The summed E-state index contributed by atoms with van der Waals surface area (Å²) in [5, 5.41) is 3.11. The van der Waals surface area contributed by atoms with Crippen LogP contribution in [0, 0.1) is 6.92 Å². The number of carbonyl (C=O) groups is 3. The van der Waals surface area contributed by atoms with E-state index < -0.39 is 5.97 Å². The van der Waals surface area contributed by atoms with E-state index in [-0.39, 0.29) is 23.8 Å². The molecule has 1 aromatic heterocycles. The van der Waals surface area contributed by atoms with Gasteiger partial charge in [0.05, 0.1) is 37.2 Å². The molecule has 148 valence electrons. The van der Waals surface area contributed by atoms with Crippen molar-refractivity contribution in [2.45, 2.75) is 13.3 Å². The molecule has 7 nitrogen and oxygen atoms in total. The fourth-order valence-corrected chi connectivity index (χ4v) is 4.19. The molecule has 1 aliphatic heterocycles. The molecule has 0 radical (unpaired) electrons. The van der Waals surface area contributed by atoms with Crippen LogP contribution in [0.3, 0.4) is 0 Å². The summed E-state index contributed by atoms with van der Waals surface area (Å²) in [6, 6.07) is 9.30. The SMILES string of the molecule is COC(=O)c1c(NC(=O)Cc2ccccc2)sc(C(=O)N2CCOCC2)c1C. The maximum absolute atomic E-state index is 12.9. The second-order valence-corrected chi connectivity index (χ2v) is 7.39. The Labute approximate surface area is 167 Å². The van der Waals surface area contributed by atoms with Crippen molar-refractivity contribution in [2.75, 3.05) is 38.7 Å². The lowest BCUT2D eigenvalue weighted by atomic mass is 10.1. The van der Waals surface area contributed by atoms with Crippen LogP contribution in [0.5, 0.6) is 0 Å². The first kappa shape index (κ1) is 20.0. The first-order valence-corrected chi connectivity index (χ1v) is 9.75. The molecule has 2 aromatic rings. The van der Waals surface area contributed by atoms with Gasteiger partial charge in [-0.05, 0) is 18.1 Å². The predicted molar refractivity (Wildman–Crippen MR) is 106 cm³/mol. The molecule has 0 unspecified atom stereocenters. The monoisotopic (exact) mass is 402 g/mol. The summed E-state index contributed by atoms with van der Waals surface area (Å²) in [5.41, 5.74) is 1.60. The molecule has 0 aliphatic carbocycles. The largest absolute Gasteiger partial charge is 0.465 e. The third-order valence-corrected chi connectivity index (χ3v) is 5.68. The van der Waals surface area contributed by atoms with Crippen molar-refractivity contribution < 1.29 is 23.9 Å². The fourth-order valence-electron chi connectivity index (χ4n) is 3.02. The molecule has 1 saturated heterocycles. The number of ether oxygens (including phenoxy) is 2. The second kappa shape index (κ2) is 8.99. The van der Waals surface area contributed by atoms with Gasteiger partial charge in [-0.2, -0.15) is 0 Å². The molecule has 2 amide bonds. The Balaban J connectivity index is 1.85. The number of nitrogens with zero attached hydrogens (tertiary/aromatic N) is 1. The smallest absolute Gasteiger partial charge is 0.341 e. The van der Waals surface area contributed by atoms with Crippen LogP contribution in [0.4, 0.5) is 5.00 Å². The summed E-state index contributed by atoms with van der Waals surface area (Å²) in [5.74, 6) is -1.01. The zero-order valence-electron chi connectivity index (χ0n) is 15.8. The Kier molecular flexibility index (Phi) is 6.43. The van der Waals surface area contributed by atoms with Crippen molar-refractivity contribution in [2.24, 2.45) is 0 Å². The van der Waals surface area contributed by atoms with Crippen molar-refractivity contribution in [1.29, 1.82) is 0 Å². The number of nitrogens with one attached hydrogen (secondary N) is 1. The number of amides is 2. The highest BCUT2D eigenvalue weighted by Crippen LogP contribution is 2.34. The van der Waals surface area contributed by atoms with E-state index in [4.69, 9.17) is 9.47 Å². The molecule has 28 heavy (non-hydrogen) atoms.